The van der Waals surface area contributed by atoms with Gasteiger partial charge in [0.15, 0.2) is 5.82 Å². The Morgan fingerprint density at radius 3 is 2.62 bits per heavy atom. The largest absolute Gasteiger partial charge is 0.322 e. The van der Waals surface area contributed by atoms with Crippen LogP contribution in [0.1, 0.15) is 15.9 Å². The van der Waals surface area contributed by atoms with E-state index in [1.54, 1.807) is 24.3 Å². The summed E-state index contributed by atoms with van der Waals surface area (Å²) in [6.07, 6.45) is 0. The molecule has 106 valence electrons. The van der Waals surface area contributed by atoms with Crippen LogP contribution in [0.2, 0.25) is 5.02 Å². The van der Waals surface area contributed by atoms with Crippen LogP contribution in [0.15, 0.2) is 42.5 Å². The van der Waals surface area contributed by atoms with Crippen molar-refractivity contribution in [2.75, 3.05) is 11.9 Å². The van der Waals surface area contributed by atoms with E-state index in [0.29, 0.717) is 5.69 Å². The lowest BCUT2D eigenvalue weighted by Crippen LogP contribution is -2.13. The number of anilines is 1. The van der Waals surface area contributed by atoms with Crippen molar-refractivity contribution in [2.24, 2.45) is 5.73 Å². The Kier molecular flexibility index (Phi) is 4.94. The highest BCUT2D eigenvalue weighted by Crippen LogP contribution is 2.19. The summed E-state index contributed by atoms with van der Waals surface area (Å²) in [6, 6.07) is 11.1. The molecule has 0 radical (unpaired) electrons. The highest BCUT2D eigenvalue weighted by molar-refractivity contribution is 6.31. The number of rotatable bonds is 2. The van der Waals surface area contributed by atoms with Crippen molar-refractivity contribution in [3.63, 3.8) is 0 Å². The van der Waals surface area contributed by atoms with Crippen molar-refractivity contribution in [3.05, 3.63) is 64.4 Å². The Balaban J connectivity index is 2.14. The van der Waals surface area contributed by atoms with Crippen LogP contribution >= 0.6 is 11.6 Å². The van der Waals surface area contributed by atoms with Crippen molar-refractivity contribution < 1.29 is 9.18 Å². The number of hydrogen-bond donors (Lipinski definition) is 2. The van der Waals surface area contributed by atoms with Gasteiger partial charge in [0.05, 0.1) is 17.1 Å². The molecule has 3 nitrogen and oxygen atoms in total. The molecule has 0 aliphatic carbocycles. The lowest BCUT2D eigenvalue weighted by Gasteiger charge is -2.07. The van der Waals surface area contributed by atoms with E-state index in [2.05, 4.69) is 17.2 Å². The molecule has 0 unspecified atom stereocenters. The third-order valence-electron chi connectivity index (χ3n) is 2.67. The maximum absolute atomic E-state index is 13.7. The van der Waals surface area contributed by atoms with Crippen LogP contribution in [-0.2, 0) is 0 Å². The van der Waals surface area contributed by atoms with Gasteiger partial charge in [-0.25, -0.2) is 4.39 Å². The zero-order chi connectivity index (χ0) is 15.2. The molecule has 2 rings (SSSR count). The van der Waals surface area contributed by atoms with Crippen LogP contribution < -0.4 is 11.1 Å². The second-order valence-electron chi connectivity index (χ2n) is 4.14. The zero-order valence-electron chi connectivity index (χ0n) is 11.0. The Morgan fingerprint density at radius 1 is 1.24 bits per heavy atom. The predicted molar refractivity (Wildman–Crippen MR) is 81.7 cm³/mol. The van der Waals surface area contributed by atoms with Crippen molar-refractivity contribution in [2.45, 2.75) is 0 Å². The molecule has 0 spiro atoms. The number of halogens is 2. The number of amides is 1. The van der Waals surface area contributed by atoms with E-state index in [0.717, 1.165) is 5.56 Å². The first kappa shape index (κ1) is 15.0. The van der Waals surface area contributed by atoms with E-state index in [-0.39, 0.29) is 17.1 Å². The van der Waals surface area contributed by atoms with Crippen molar-refractivity contribution in [3.8, 4) is 11.8 Å². The Morgan fingerprint density at radius 2 is 1.95 bits per heavy atom. The molecule has 0 aliphatic rings. The van der Waals surface area contributed by atoms with Crippen LogP contribution in [0.5, 0.6) is 0 Å². The molecule has 1 amide bonds. The van der Waals surface area contributed by atoms with Crippen LogP contribution in [0.4, 0.5) is 10.1 Å². The molecule has 0 heterocycles. The molecule has 0 fully saturated rings. The number of nitrogens with two attached hydrogens (primary N) is 1. The standard InChI is InChI=1S/C16H12ClFN2O/c17-14-5-1-4-13(15(14)18)16(21)20-12-8-6-11(7-9-12)3-2-10-19/h1,4-9H,10,19H2,(H,20,21). The minimum absolute atomic E-state index is 0.0879. The first-order valence-corrected chi connectivity index (χ1v) is 6.54. The summed E-state index contributed by atoms with van der Waals surface area (Å²) in [5.41, 5.74) is 6.51. The molecule has 21 heavy (non-hydrogen) atoms. The van der Waals surface area contributed by atoms with Crippen LogP contribution in [0.25, 0.3) is 0 Å². The fraction of sp³-hybridized carbons (Fsp3) is 0.0625. The molecule has 5 heteroatoms. The van der Waals surface area contributed by atoms with Crippen LogP contribution in [0, 0.1) is 17.7 Å². The van der Waals surface area contributed by atoms with Gasteiger partial charge in [0.2, 0.25) is 0 Å². The second kappa shape index (κ2) is 6.89. The van der Waals surface area contributed by atoms with Gasteiger partial charge in [-0.2, -0.15) is 0 Å². The van der Waals surface area contributed by atoms with Gasteiger partial charge in [-0.3, -0.25) is 4.79 Å². The third kappa shape index (κ3) is 3.82. The number of benzene rings is 2. The molecule has 0 bridgehead atoms. The second-order valence-corrected chi connectivity index (χ2v) is 4.55. The van der Waals surface area contributed by atoms with Gasteiger partial charge >= 0.3 is 0 Å². The SMILES string of the molecule is NCC#Cc1ccc(NC(=O)c2cccc(Cl)c2F)cc1. The normalized spacial score (nSPS) is 9.67. The number of carbonyl (C=O) groups excluding carboxylic acids is 1. The zero-order valence-corrected chi connectivity index (χ0v) is 11.7. The Bertz CT molecular complexity index is 717. The molecule has 0 atom stereocenters. The fourth-order valence-corrected chi connectivity index (χ4v) is 1.84. The van der Waals surface area contributed by atoms with Gasteiger partial charge < -0.3 is 11.1 Å². The number of nitrogens with one attached hydrogen (secondary N) is 1. The highest BCUT2D eigenvalue weighted by atomic mass is 35.5. The van der Waals surface area contributed by atoms with Gasteiger partial charge in [0.1, 0.15) is 0 Å². The van der Waals surface area contributed by atoms with Crippen LogP contribution in [0.3, 0.4) is 0 Å². The number of carbonyl (C=O) groups is 1. The van der Waals surface area contributed by atoms with Crippen LogP contribution in [-0.4, -0.2) is 12.5 Å². The van der Waals surface area contributed by atoms with Crippen molar-refractivity contribution >= 4 is 23.2 Å². The summed E-state index contributed by atoms with van der Waals surface area (Å²) < 4.78 is 13.7. The molecule has 0 aliphatic heterocycles. The molecule has 2 aromatic rings. The topological polar surface area (TPSA) is 55.1 Å². The van der Waals surface area contributed by atoms with Crippen molar-refractivity contribution in [1.29, 1.82) is 0 Å². The van der Waals surface area contributed by atoms with Gasteiger partial charge in [0.25, 0.3) is 5.91 Å². The molecule has 2 aromatic carbocycles. The van der Waals surface area contributed by atoms with E-state index in [9.17, 15) is 9.18 Å². The first-order valence-electron chi connectivity index (χ1n) is 6.16. The van der Waals surface area contributed by atoms with E-state index in [1.807, 2.05) is 0 Å². The summed E-state index contributed by atoms with van der Waals surface area (Å²) in [5.74, 6) is 4.30. The summed E-state index contributed by atoms with van der Waals surface area (Å²) in [4.78, 5) is 12.0. The summed E-state index contributed by atoms with van der Waals surface area (Å²) in [5, 5.41) is 2.51. The van der Waals surface area contributed by atoms with Gasteiger partial charge in [-0.1, -0.05) is 29.5 Å². The molecule has 0 saturated carbocycles. The molecular weight excluding hydrogens is 291 g/mol. The molecular formula is C16H12ClFN2O. The molecule has 0 saturated heterocycles. The predicted octanol–water partition coefficient (Wildman–Crippen LogP) is 3.04. The first-order chi connectivity index (χ1) is 10.1. The van der Waals surface area contributed by atoms with E-state index >= 15 is 0 Å². The average Bonchev–Trinajstić information content (AvgIpc) is 2.49. The van der Waals surface area contributed by atoms with E-state index < -0.39 is 11.7 Å². The number of hydrogen-bond acceptors (Lipinski definition) is 2. The smallest absolute Gasteiger partial charge is 0.258 e. The van der Waals surface area contributed by atoms with Gasteiger partial charge in [0, 0.05) is 11.3 Å². The maximum Gasteiger partial charge on any atom is 0.258 e. The minimum atomic E-state index is -0.734. The van der Waals surface area contributed by atoms with E-state index in [1.165, 1.54) is 18.2 Å². The van der Waals surface area contributed by atoms with Gasteiger partial charge in [-0.15, -0.1) is 0 Å². The summed E-state index contributed by atoms with van der Waals surface area (Å²) in [7, 11) is 0. The monoisotopic (exact) mass is 302 g/mol. The lowest BCUT2D eigenvalue weighted by molar-refractivity contribution is 0.102. The van der Waals surface area contributed by atoms with Gasteiger partial charge in [-0.05, 0) is 36.4 Å². The maximum atomic E-state index is 13.7. The summed E-state index contributed by atoms with van der Waals surface area (Å²) >= 11 is 5.65. The van der Waals surface area contributed by atoms with Crippen molar-refractivity contribution in [1.82, 2.24) is 0 Å². The minimum Gasteiger partial charge on any atom is -0.322 e. The molecule has 0 aromatic heterocycles. The quantitative estimate of drug-likeness (QED) is 0.838. The third-order valence-corrected chi connectivity index (χ3v) is 2.97. The Labute approximate surface area is 126 Å². The fourth-order valence-electron chi connectivity index (χ4n) is 1.67. The van der Waals surface area contributed by atoms with E-state index in [4.69, 9.17) is 17.3 Å². The average molecular weight is 303 g/mol. The summed E-state index contributed by atoms with van der Waals surface area (Å²) in [6.45, 7) is 0.284. The highest BCUT2D eigenvalue weighted by Gasteiger charge is 2.13. The molecule has 3 N–H and O–H groups in total. The Hall–Kier alpha value is -2.35. The lowest BCUT2D eigenvalue weighted by atomic mass is 10.1.